The minimum Gasteiger partial charge on any atom is -0.478 e. The maximum absolute atomic E-state index is 10.9. The summed E-state index contributed by atoms with van der Waals surface area (Å²) in [5.41, 5.74) is -0.340. The number of carbonyl (C=O) groups is 1. The van der Waals surface area contributed by atoms with Crippen molar-refractivity contribution in [3.8, 4) is 0 Å². The first-order valence-electron chi connectivity index (χ1n) is 5.34. The third-order valence-electron chi connectivity index (χ3n) is 3.09. The number of hydrogen-bond donors (Lipinski definition) is 3. The van der Waals surface area contributed by atoms with E-state index in [9.17, 15) is 9.90 Å². The molecule has 1 aromatic rings. The van der Waals surface area contributed by atoms with Crippen LogP contribution in [0.1, 0.15) is 29.6 Å². The van der Waals surface area contributed by atoms with Gasteiger partial charge in [-0.2, -0.15) is 0 Å². The van der Waals surface area contributed by atoms with E-state index in [0.29, 0.717) is 5.82 Å². The second-order valence-electron chi connectivity index (χ2n) is 4.27. The third kappa shape index (κ3) is 2.35. The van der Waals surface area contributed by atoms with Crippen molar-refractivity contribution in [1.29, 1.82) is 0 Å². The van der Waals surface area contributed by atoms with Crippen LogP contribution < -0.4 is 5.32 Å². The Morgan fingerprint density at radius 3 is 2.76 bits per heavy atom. The number of carboxylic acids is 1. The Morgan fingerprint density at radius 1 is 1.59 bits per heavy atom. The van der Waals surface area contributed by atoms with Crippen LogP contribution in [0, 0.1) is 0 Å². The Labute approximate surface area is 103 Å². The maximum Gasteiger partial charge on any atom is 0.337 e. The van der Waals surface area contributed by atoms with Gasteiger partial charge in [-0.1, -0.05) is 11.6 Å². The minimum absolute atomic E-state index is 0.0107. The molecule has 92 valence electrons. The molecule has 5 nitrogen and oxygen atoms in total. The molecule has 0 saturated heterocycles. The van der Waals surface area contributed by atoms with E-state index in [4.69, 9.17) is 16.7 Å². The molecule has 0 spiro atoms. The zero-order chi connectivity index (χ0) is 12.5. The molecule has 0 bridgehead atoms. The van der Waals surface area contributed by atoms with Gasteiger partial charge in [0.25, 0.3) is 0 Å². The molecule has 0 aromatic carbocycles. The van der Waals surface area contributed by atoms with Crippen molar-refractivity contribution in [2.75, 3.05) is 11.9 Å². The molecule has 1 aliphatic rings. The number of anilines is 1. The fourth-order valence-corrected chi connectivity index (χ4v) is 2.05. The quantitative estimate of drug-likeness (QED) is 0.765. The summed E-state index contributed by atoms with van der Waals surface area (Å²) in [6.07, 6.45) is 4.07. The van der Waals surface area contributed by atoms with E-state index in [-0.39, 0.29) is 22.7 Å². The molecule has 0 amide bonds. The Kier molecular flexibility index (Phi) is 3.22. The first kappa shape index (κ1) is 12.1. The number of aliphatic hydroxyl groups is 1. The number of aromatic nitrogens is 1. The number of carboxylic acid groups (broad SMARTS) is 1. The molecule has 3 N–H and O–H groups in total. The smallest absolute Gasteiger partial charge is 0.337 e. The van der Waals surface area contributed by atoms with Gasteiger partial charge >= 0.3 is 5.97 Å². The predicted octanol–water partition coefficient (Wildman–Crippen LogP) is 1.76. The molecule has 1 heterocycles. The molecule has 17 heavy (non-hydrogen) atoms. The van der Waals surface area contributed by atoms with Gasteiger partial charge in [-0.3, -0.25) is 0 Å². The molecule has 0 atom stereocenters. The standard InChI is InChI=1S/C11H13ClN2O3/c12-8-5-13-9(4-7(8)10(16)17)14-11(6-15)2-1-3-11/h4-5,15H,1-3,6H2,(H,13,14)(H,16,17). The van der Waals surface area contributed by atoms with Crippen LogP contribution in [0.15, 0.2) is 12.3 Å². The molecule has 6 heteroatoms. The minimum atomic E-state index is -1.09. The molecule has 0 unspecified atom stereocenters. The Morgan fingerprint density at radius 2 is 2.29 bits per heavy atom. The van der Waals surface area contributed by atoms with Gasteiger partial charge in [0.1, 0.15) is 5.82 Å². The van der Waals surface area contributed by atoms with Crippen LogP contribution in [0.5, 0.6) is 0 Å². The van der Waals surface area contributed by atoms with Crippen LogP contribution in [0.2, 0.25) is 5.02 Å². The highest BCUT2D eigenvalue weighted by Gasteiger charge is 2.36. The number of aromatic carboxylic acids is 1. The van der Waals surface area contributed by atoms with Gasteiger partial charge in [-0.05, 0) is 25.3 Å². The van der Waals surface area contributed by atoms with Crippen LogP contribution in [-0.4, -0.2) is 33.3 Å². The average Bonchev–Trinajstić information content (AvgIpc) is 2.25. The largest absolute Gasteiger partial charge is 0.478 e. The number of aliphatic hydroxyl groups excluding tert-OH is 1. The monoisotopic (exact) mass is 256 g/mol. The van der Waals surface area contributed by atoms with Crippen molar-refractivity contribution in [2.24, 2.45) is 0 Å². The summed E-state index contributed by atoms with van der Waals surface area (Å²) < 4.78 is 0. The van der Waals surface area contributed by atoms with E-state index in [0.717, 1.165) is 19.3 Å². The second kappa shape index (κ2) is 4.50. The van der Waals surface area contributed by atoms with Crippen molar-refractivity contribution in [3.63, 3.8) is 0 Å². The SMILES string of the molecule is O=C(O)c1cc(NC2(CO)CCC2)ncc1Cl. The first-order chi connectivity index (χ1) is 8.06. The Bertz CT molecular complexity index is 441. The van der Waals surface area contributed by atoms with Crippen LogP contribution in [-0.2, 0) is 0 Å². The molecular formula is C11H13ClN2O3. The van der Waals surface area contributed by atoms with Crippen molar-refractivity contribution >= 4 is 23.4 Å². The molecule has 1 saturated carbocycles. The van der Waals surface area contributed by atoms with Crippen molar-refractivity contribution in [1.82, 2.24) is 4.98 Å². The van der Waals surface area contributed by atoms with E-state index >= 15 is 0 Å². The summed E-state index contributed by atoms with van der Waals surface area (Å²) in [5.74, 6) is -0.660. The highest BCUT2D eigenvalue weighted by molar-refractivity contribution is 6.33. The number of hydrogen-bond acceptors (Lipinski definition) is 4. The van der Waals surface area contributed by atoms with E-state index in [1.807, 2.05) is 0 Å². The fraction of sp³-hybridized carbons (Fsp3) is 0.455. The predicted molar refractivity (Wildman–Crippen MR) is 63.5 cm³/mol. The normalized spacial score (nSPS) is 17.3. The van der Waals surface area contributed by atoms with E-state index < -0.39 is 5.97 Å². The van der Waals surface area contributed by atoms with Gasteiger partial charge in [-0.25, -0.2) is 9.78 Å². The number of nitrogens with zero attached hydrogens (tertiary/aromatic N) is 1. The molecular weight excluding hydrogens is 244 g/mol. The van der Waals surface area contributed by atoms with Crippen LogP contribution >= 0.6 is 11.6 Å². The summed E-state index contributed by atoms with van der Waals surface area (Å²) in [7, 11) is 0. The van der Waals surface area contributed by atoms with Crippen LogP contribution in [0.3, 0.4) is 0 Å². The van der Waals surface area contributed by atoms with Gasteiger partial charge in [0, 0.05) is 6.20 Å². The summed E-state index contributed by atoms with van der Waals surface area (Å²) >= 11 is 5.72. The number of pyridine rings is 1. The Balaban J connectivity index is 2.22. The highest BCUT2D eigenvalue weighted by atomic mass is 35.5. The van der Waals surface area contributed by atoms with E-state index in [2.05, 4.69) is 10.3 Å². The Hall–Kier alpha value is -1.33. The summed E-state index contributed by atoms with van der Waals surface area (Å²) in [4.78, 5) is 14.9. The van der Waals surface area contributed by atoms with Gasteiger partial charge in [0.15, 0.2) is 0 Å². The molecule has 0 aliphatic heterocycles. The van der Waals surface area contributed by atoms with Crippen LogP contribution in [0.4, 0.5) is 5.82 Å². The number of halogens is 1. The third-order valence-corrected chi connectivity index (χ3v) is 3.39. The molecule has 1 aromatic heterocycles. The molecule has 1 aliphatic carbocycles. The van der Waals surface area contributed by atoms with E-state index in [1.54, 1.807) is 0 Å². The topological polar surface area (TPSA) is 82.5 Å². The van der Waals surface area contributed by atoms with Gasteiger partial charge < -0.3 is 15.5 Å². The lowest BCUT2D eigenvalue weighted by molar-refractivity contribution is 0.0697. The lowest BCUT2D eigenvalue weighted by atomic mass is 9.77. The second-order valence-corrected chi connectivity index (χ2v) is 4.68. The van der Waals surface area contributed by atoms with Crippen LogP contribution in [0.25, 0.3) is 0 Å². The summed E-state index contributed by atoms with van der Waals surface area (Å²) in [6.45, 7) is 0.0136. The molecule has 0 radical (unpaired) electrons. The molecule has 1 fully saturated rings. The number of nitrogens with one attached hydrogen (secondary N) is 1. The lowest BCUT2D eigenvalue weighted by Crippen LogP contribution is -2.48. The zero-order valence-corrected chi connectivity index (χ0v) is 9.87. The van der Waals surface area contributed by atoms with Crippen molar-refractivity contribution in [3.05, 3.63) is 22.8 Å². The maximum atomic E-state index is 10.9. The summed E-state index contributed by atoms with van der Waals surface area (Å²) in [5, 5.41) is 21.4. The van der Waals surface area contributed by atoms with Gasteiger partial charge in [-0.15, -0.1) is 0 Å². The zero-order valence-electron chi connectivity index (χ0n) is 9.11. The summed E-state index contributed by atoms with van der Waals surface area (Å²) in [6, 6.07) is 1.39. The average molecular weight is 257 g/mol. The van der Waals surface area contributed by atoms with Crippen molar-refractivity contribution < 1.29 is 15.0 Å². The first-order valence-corrected chi connectivity index (χ1v) is 5.72. The number of rotatable bonds is 4. The fourth-order valence-electron chi connectivity index (χ4n) is 1.87. The lowest BCUT2D eigenvalue weighted by Gasteiger charge is -2.41. The van der Waals surface area contributed by atoms with Gasteiger partial charge in [0.05, 0.1) is 22.7 Å². The van der Waals surface area contributed by atoms with Crippen molar-refractivity contribution in [2.45, 2.75) is 24.8 Å². The molecule has 2 rings (SSSR count). The highest BCUT2D eigenvalue weighted by Crippen LogP contribution is 2.34. The van der Waals surface area contributed by atoms with E-state index in [1.165, 1.54) is 12.3 Å². The van der Waals surface area contributed by atoms with Gasteiger partial charge in [0.2, 0.25) is 0 Å².